The fourth-order valence-electron chi connectivity index (χ4n) is 2.62. The third-order valence-corrected chi connectivity index (χ3v) is 4.06. The minimum atomic E-state index is -0.408. The molecule has 3 heteroatoms. The molecule has 0 aromatic rings. The van der Waals surface area contributed by atoms with E-state index < -0.39 is 6.29 Å². The van der Waals surface area contributed by atoms with Crippen LogP contribution in [0.25, 0.3) is 0 Å². The van der Waals surface area contributed by atoms with Crippen molar-refractivity contribution >= 4 is 6.47 Å². The van der Waals surface area contributed by atoms with Crippen LogP contribution < -0.4 is 0 Å². The van der Waals surface area contributed by atoms with Crippen molar-refractivity contribution < 1.29 is 14.3 Å². The summed E-state index contributed by atoms with van der Waals surface area (Å²) in [5.74, 6) is 0. The van der Waals surface area contributed by atoms with Crippen LogP contribution >= 0.6 is 0 Å². The lowest BCUT2D eigenvalue weighted by molar-refractivity contribution is -0.0914. The van der Waals surface area contributed by atoms with Crippen LogP contribution in [-0.4, -0.2) is 19.4 Å². The molecule has 0 aliphatic carbocycles. The van der Waals surface area contributed by atoms with Gasteiger partial charge in [0, 0.05) is 6.42 Å². The van der Waals surface area contributed by atoms with Gasteiger partial charge >= 0.3 is 6.47 Å². The molecule has 3 nitrogen and oxygen atoms in total. The van der Waals surface area contributed by atoms with Crippen LogP contribution in [0, 0.1) is 0 Å². The van der Waals surface area contributed by atoms with E-state index in [1.807, 2.05) is 6.92 Å². The Morgan fingerprint density at radius 3 is 1.59 bits per heavy atom. The summed E-state index contributed by atoms with van der Waals surface area (Å²) in [7, 11) is 0. The van der Waals surface area contributed by atoms with Crippen LogP contribution in [0.5, 0.6) is 0 Å². The first kappa shape index (κ1) is 21.4. The van der Waals surface area contributed by atoms with Crippen molar-refractivity contribution in [1.29, 1.82) is 0 Å². The maximum absolute atomic E-state index is 10.1. The maximum atomic E-state index is 10.1. The van der Waals surface area contributed by atoms with Crippen LogP contribution in [0.2, 0.25) is 0 Å². The first-order valence-corrected chi connectivity index (χ1v) is 9.49. The zero-order chi connectivity index (χ0) is 16.3. The second-order valence-electron chi connectivity index (χ2n) is 6.15. The molecule has 0 spiro atoms. The van der Waals surface area contributed by atoms with Gasteiger partial charge in [-0.3, -0.25) is 0 Å². The molecule has 0 N–H and O–H groups in total. The van der Waals surface area contributed by atoms with E-state index in [0.29, 0.717) is 13.0 Å². The normalized spacial score (nSPS) is 12.3. The average molecular weight is 314 g/mol. The van der Waals surface area contributed by atoms with Crippen LogP contribution in [0.1, 0.15) is 104 Å². The molecule has 0 saturated heterocycles. The molecule has 0 fully saturated rings. The smallest absolute Gasteiger partial charge is 0.419 e. The highest BCUT2D eigenvalue weighted by Crippen LogP contribution is 2.12. The van der Waals surface area contributed by atoms with Gasteiger partial charge in [0.1, 0.15) is 0 Å². The minimum Gasteiger partial charge on any atom is -0.427 e. The van der Waals surface area contributed by atoms with Crippen molar-refractivity contribution in [1.82, 2.24) is 0 Å². The molecule has 0 saturated carbocycles. The van der Waals surface area contributed by atoms with Gasteiger partial charge in [-0.25, -0.2) is 4.79 Å². The van der Waals surface area contributed by atoms with Gasteiger partial charge in [-0.1, -0.05) is 90.9 Å². The predicted molar refractivity (Wildman–Crippen MR) is 92.5 cm³/mol. The molecule has 0 aliphatic rings. The van der Waals surface area contributed by atoms with Gasteiger partial charge in [0.05, 0.1) is 6.61 Å². The Balaban J connectivity index is 3.09. The molecule has 0 amide bonds. The van der Waals surface area contributed by atoms with E-state index in [2.05, 4.69) is 11.7 Å². The van der Waals surface area contributed by atoms with E-state index in [9.17, 15) is 4.79 Å². The molecule has 0 rings (SSSR count). The molecule has 22 heavy (non-hydrogen) atoms. The number of carbonyl (C=O) groups excluding carboxylic acids is 1. The van der Waals surface area contributed by atoms with Gasteiger partial charge in [0.15, 0.2) is 0 Å². The highest BCUT2D eigenvalue weighted by Gasteiger charge is 2.05. The zero-order valence-electron chi connectivity index (χ0n) is 14.9. The Bertz CT molecular complexity index is 219. The summed E-state index contributed by atoms with van der Waals surface area (Å²) in [6.45, 7) is 6.33. The van der Waals surface area contributed by atoms with Gasteiger partial charge in [-0.15, -0.1) is 0 Å². The monoisotopic (exact) mass is 313 g/mol. The molecule has 0 aliphatic heterocycles. The molecule has 0 aromatic heterocycles. The molecule has 0 bridgehead atoms. The highest BCUT2D eigenvalue weighted by atomic mass is 16.7. The summed E-state index contributed by atoms with van der Waals surface area (Å²) in [5, 5.41) is 0. The lowest BCUT2D eigenvalue weighted by Gasteiger charge is -2.12. The predicted octanol–water partition coefficient (Wildman–Crippen LogP) is 5.91. The van der Waals surface area contributed by atoms with E-state index >= 15 is 0 Å². The summed E-state index contributed by atoms with van der Waals surface area (Å²) in [4.78, 5) is 10.1. The fourth-order valence-corrected chi connectivity index (χ4v) is 2.62. The van der Waals surface area contributed by atoms with Crippen molar-refractivity contribution in [2.24, 2.45) is 0 Å². The number of hydrogen-bond donors (Lipinski definition) is 0. The van der Waals surface area contributed by atoms with Crippen LogP contribution in [0.3, 0.4) is 0 Å². The first-order chi connectivity index (χ1) is 10.8. The Hall–Kier alpha value is -0.570. The quantitative estimate of drug-likeness (QED) is 0.233. The summed E-state index contributed by atoms with van der Waals surface area (Å²) in [6.07, 6.45) is 17.8. The first-order valence-electron chi connectivity index (χ1n) is 9.49. The second kappa shape index (κ2) is 18.5. The Morgan fingerprint density at radius 2 is 1.18 bits per heavy atom. The SMILES string of the molecule is CCCCCCCCCCCCCCCOC(CC)O[C]=O. The van der Waals surface area contributed by atoms with Gasteiger partial charge in [-0.2, -0.15) is 0 Å². The number of unbranched alkanes of at least 4 members (excludes halogenated alkanes) is 12. The summed E-state index contributed by atoms with van der Waals surface area (Å²) < 4.78 is 10.1. The summed E-state index contributed by atoms with van der Waals surface area (Å²) in [5.41, 5.74) is 0. The number of ether oxygens (including phenoxy) is 2. The molecule has 1 radical (unpaired) electrons. The second-order valence-corrected chi connectivity index (χ2v) is 6.15. The number of rotatable bonds is 18. The standard InChI is InChI=1S/C19H37O3/c1-3-5-6-7-8-9-10-11-12-13-14-15-16-17-21-19(4-2)22-18-20/h19H,3-17H2,1-2H3. The van der Waals surface area contributed by atoms with Crippen molar-refractivity contribution in [2.45, 2.75) is 110 Å². The summed E-state index contributed by atoms with van der Waals surface area (Å²) in [6, 6.07) is 0. The largest absolute Gasteiger partial charge is 0.427 e. The van der Waals surface area contributed by atoms with E-state index in [1.54, 1.807) is 0 Å². The third-order valence-electron chi connectivity index (χ3n) is 4.06. The molecule has 0 heterocycles. The molecule has 1 atom stereocenters. The van der Waals surface area contributed by atoms with E-state index in [1.165, 1.54) is 83.5 Å². The number of hydrogen-bond acceptors (Lipinski definition) is 3. The van der Waals surface area contributed by atoms with Gasteiger partial charge in [0.2, 0.25) is 6.29 Å². The molecular weight excluding hydrogens is 276 g/mol. The Labute approximate surface area is 138 Å². The van der Waals surface area contributed by atoms with Gasteiger partial charge < -0.3 is 9.47 Å². The Morgan fingerprint density at radius 1 is 0.727 bits per heavy atom. The molecule has 1 unspecified atom stereocenters. The van der Waals surface area contributed by atoms with Gasteiger partial charge in [-0.05, 0) is 6.42 Å². The molecule has 131 valence electrons. The van der Waals surface area contributed by atoms with Crippen LogP contribution in [-0.2, 0) is 14.3 Å². The lowest BCUT2D eigenvalue weighted by Crippen LogP contribution is -2.15. The maximum Gasteiger partial charge on any atom is 0.419 e. The van der Waals surface area contributed by atoms with E-state index in [4.69, 9.17) is 4.74 Å². The molecular formula is C19H37O3. The Kier molecular flexibility index (Phi) is 18.0. The third kappa shape index (κ3) is 15.8. The van der Waals surface area contributed by atoms with Crippen molar-refractivity contribution in [2.75, 3.05) is 6.61 Å². The van der Waals surface area contributed by atoms with Crippen LogP contribution in [0.15, 0.2) is 0 Å². The minimum absolute atomic E-state index is 0.408. The van der Waals surface area contributed by atoms with E-state index in [-0.39, 0.29) is 0 Å². The summed E-state index contributed by atoms with van der Waals surface area (Å²) >= 11 is 0. The van der Waals surface area contributed by atoms with Crippen LogP contribution in [0.4, 0.5) is 0 Å². The molecule has 0 aromatic carbocycles. The van der Waals surface area contributed by atoms with Crippen molar-refractivity contribution in [3.63, 3.8) is 0 Å². The average Bonchev–Trinajstić information content (AvgIpc) is 2.54. The highest BCUT2D eigenvalue weighted by molar-refractivity contribution is 5.38. The van der Waals surface area contributed by atoms with Crippen molar-refractivity contribution in [3.05, 3.63) is 0 Å². The zero-order valence-corrected chi connectivity index (χ0v) is 14.9. The fraction of sp³-hybridized carbons (Fsp3) is 0.947. The van der Waals surface area contributed by atoms with Crippen molar-refractivity contribution in [3.8, 4) is 0 Å². The van der Waals surface area contributed by atoms with E-state index in [0.717, 1.165) is 6.42 Å². The topological polar surface area (TPSA) is 35.5 Å². The lowest BCUT2D eigenvalue weighted by atomic mass is 10.0. The van der Waals surface area contributed by atoms with Gasteiger partial charge in [0.25, 0.3) is 0 Å².